The number of fused-ring (bicyclic) bond motifs is 1. The summed E-state index contributed by atoms with van der Waals surface area (Å²) in [6, 6.07) is 27.2. The number of ketones is 1. The maximum Gasteiger partial charge on any atom is 0.347 e. The molecule has 0 N–H and O–H groups in total. The molecule has 40 heavy (non-hydrogen) atoms. The van der Waals surface area contributed by atoms with E-state index in [0.717, 1.165) is 5.56 Å². The highest BCUT2D eigenvalue weighted by Crippen LogP contribution is 2.30. The third-order valence-electron chi connectivity index (χ3n) is 6.15. The smallest absolute Gasteiger partial charge is 0.347 e. The van der Waals surface area contributed by atoms with E-state index in [2.05, 4.69) is 0 Å². The molecule has 0 spiro atoms. The second kappa shape index (κ2) is 11.5. The van der Waals surface area contributed by atoms with Crippen LogP contribution in [0.4, 0.5) is 5.69 Å². The fourth-order valence-corrected chi connectivity index (χ4v) is 4.14. The number of hydrogen-bond acceptors (Lipinski definition) is 7. The minimum Gasteiger partial charge on any atom is -0.489 e. The predicted octanol–water partition coefficient (Wildman–Crippen LogP) is 7.34. The van der Waals surface area contributed by atoms with Crippen LogP contribution < -0.4 is 9.47 Å². The number of carbonyl (C=O) groups excluding carboxylic acids is 2. The number of allylic oxidation sites excluding steroid dienone is 1. The zero-order chi connectivity index (χ0) is 28.1. The molecule has 0 bridgehead atoms. The first-order valence-corrected chi connectivity index (χ1v) is 12.4. The molecule has 0 aliphatic rings. The van der Waals surface area contributed by atoms with Crippen molar-refractivity contribution in [3.8, 4) is 11.5 Å². The van der Waals surface area contributed by atoms with E-state index in [9.17, 15) is 19.7 Å². The van der Waals surface area contributed by atoms with Gasteiger partial charge in [-0.25, -0.2) is 4.79 Å². The lowest BCUT2D eigenvalue weighted by molar-refractivity contribution is -0.384. The average Bonchev–Trinajstić information content (AvgIpc) is 3.31. The fraction of sp³-hybridized carbons (Fsp3) is 0.0625. The van der Waals surface area contributed by atoms with E-state index in [0.29, 0.717) is 45.8 Å². The molecule has 0 aliphatic carbocycles. The number of aryl methyl sites for hydroxylation is 1. The van der Waals surface area contributed by atoms with Gasteiger partial charge in [-0.05, 0) is 66.6 Å². The van der Waals surface area contributed by atoms with E-state index in [1.165, 1.54) is 36.4 Å². The highest BCUT2D eigenvalue weighted by atomic mass is 16.6. The lowest BCUT2D eigenvalue weighted by atomic mass is 10.1. The van der Waals surface area contributed by atoms with Gasteiger partial charge in [0.1, 0.15) is 35.0 Å². The molecular formula is C32H23NO7. The number of esters is 1. The summed E-state index contributed by atoms with van der Waals surface area (Å²) < 4.78 is 17.2. The van der Waals surface area contributed by atoms with E-state index in [1.807, 2.05) is 30.3 Å². The number of rotatable bonds is 9. The molecule has 0 saturated carbocycles. The van der Waals surface area contributed by atoms with E-state index in [-0.39, 0.29) is 17.2 Å². The summed E-state index contributed by atoms with van der Waals surface area (Å²) in [5.74, 6) is 0.366. The molecule has 5 aromatic rings. The second-order valence-electron chi connectivity index (χ2n) is 8.93. The topological polar surface area (TPSA) is 109 Å². The molecule has 0 radical (unpaired) electrons. The van der Waals surface area contributed by atoms with Crippen molar-refractivity contribution >= 4 is 34.5 Å². The molecule has 0 amide bonds. The van der Waals surface area contributed by atoms with Crippen LogP contribution in [-0.4, -0.2) is 16.7 Å². The van der Waals surface area contributed by atoms with E-state index in [1.54, 1.807) is 49.4 Å². The normalized spacial score (nSPS) is 11.0. The standard InChI is InChI=1S/C32H23NO7/c1-21-31(28-19-27(15-17-30(28)39-21)38-20-23-6-3-2-4-7-23)32(35)40-26-13-11-24(12-14-26)29(34)16-10-22-8-5-9-25(18-22)33(36)37/h2-19H,20H2,1H3. The zero-order valence-electron chi connectivity index (χ0n) is 21.4. The van der Waals surface area contributed by atoms with Crippen LogP contribution in [0.15, 0.2) is 108 Å². The summed E-state index contributed by atoms with van der Waals surface area (Å²) in [5, 5.41) is 11.5. The molecule has 0 atom stereocenters. The molecule has 5 rings (SSSR count). The van der Waals surface area contributed by atoms with Crippen molar-refractivity contribution in [1.82, 2.24) is 0 Å². The van der Waals surface area contributed by atoms with Crippen molar-refractivity contribution in [2.75, 3.05) is 0 Å². The van der Waals surface area contributed by atoms with Crippen LogP contribution in [0.5, 0.6) is 11.5 Å². The Morgan fingerprint density at radius 3 is 2.40 bits per heavy atom. The van der Waals surface area contributed by atoms with Gasteiger partial charge >= 0.3 is 5.97 Å². The summed E-state index contributed by atoms with van der Waals surface area (Å²) >= 11 is 0. The first-order valence-electron chi connectivity index (χ1n) is 12.4. The summed E-state index contributed by atoms with van der Waals surface area (Å²) in [7, 11) is 0. The van der Waals surface area contributed by atoms with Crippen molar-refractivity contribution in [1.29, 1.82) is 0 Å². The number of benzene rings is 4. The maximum atomic E-state index is 13.1. The number of carbonyl (C=O) groups is 2. The first-order chi connectivity index (χ1) is 19.4. The van der Waals surface area contributed by atoms with Gasteiger partial charge < -0.3 is 13.9 Å². The molecular weight excluding hydrogens is 510 g/mol. The van der Waals surface area contributed by atoms with Crippen LogP contribution in [0.2, 0.25) is 0 Å². The van der Waals surface area contributed by atoms with Gasteiger partial charge in [-0.2, -0.15) is 0 Å². The van der Waals surface area contributed by atoms with Crippen LogP contribution in [0, 0.1) is 17.0 Å². The molecule has 8 nitrogen and oxygen atoms in total. The minimum absolute atomic E-state index is 0.0580. The lowest BCUT2D eigenvalue weighted by Crippen LogP contribution is -2.09. The van der Waals surface area contributed by atoms with Crippen LogP contribution in [0.3, 0.4) is 0 Å². The number of nitrogens with zero attached hydrogens (tertiary/aromatic N) is 1. The van der Waals surface area contributed by atoms with Gasteiger partial charge in [-0.1, -0.05) is 48.5 Å². The monoisotopic (exact) mass is 533 g/mol. The molecule has 198 valence electrons. The van der Waals surface area contributed by atoms with Gasteiger partial charge in [-0.3, -0.25) is 14.9 Å². The number of nitro groups is 1. The van der Waals surface area contributed by atoms with Crippen molar-refractivity contribution in [3.63, 3.8) is 0 Å². The fourth-order valence-electron chi connectivity index (χ4n) is 4.14. The molecule has 4 aromatic carbocycles. The Balaban J connectivity index is 1.27. The number of furan rings is 1. The first kappa shape index (κ1) is 26.1. The highest BCUT2D eigenvalue weighted by molar-refractivity contribution is 6.07. The third-order valence-corrected chi connectivity index (χ3v) is 6.15. The van der Waals surface area contributed by atoms with Crippen LogP contribution >= 0.6 is 0 Å². The second-order valence-corrected chi connectivity index (χ2v) is 8.93. The zero-order valence-corrected chi connectivity index (χ0v) is 21.4. The molecule has 1 aromatic heterocycles. The number of nitro benzene ring substituents is 1. The predicted molar refractivity (Wildman–Crippen MR) is 150 cm³/mol. The Morgan fingerprint density at radius 1 is 0.900 bits per heavy atom. The van der Waals surface area contributed by atoms with Gasteiger partial charge in [0, 0.05) is 23.1 Å². The SMILES string of the molecule is Cc1oc2ccc(OCc3ccccc3)cc2c1C(=O)Oc1ccc(C(=O)C=Cc2cccc([N+](=O)[O-])c2)cc1. The third kappa shape index (κ3) is 5.97. The van der Waals surface area contributed by atoms with Gasteiger partial charge in [0.15, 0.2) is 5.78 Å². The summed E-state index contributed by atoms with van der Waals surface area (Å²) in [6.45, 7) is 2.07. The van der Waals surface area contributed by atoms with Crippen molar-refractivity contribution in [2.24, 2.45) is 0 Å². The van der Waals surface area contributed by atoms with Gasteiger partial charge in [0.25, 0.3) is 5.69 Å². The Labute approximate surface area is 229 Å². The largest absolute Gasteiger partial charge is 0.489 e. The van der Waals surface area contributed by atoms with Crippen molar-refractivity contribution < 1.29 is 28.4 Å². The Morgan fingerprint density at radius 2 is 1.65 bits per heavy atom. The van der Waals surface area contributed by atoms with Crippen LogP contribution in [0.1, 0.15) is 37.6 Å². The van der Waals surface area contributed by atoms with Gasteiger partial charge in [-0.15, -0.1) is 0 Å². The molecule has 0 aliphatic heterocycles. The van der Waals surface area contributed by atoms with E-state index < -0.39 is 10.9 Å². The molecule has 1 heterocycles. The molecule has 8 heteroatoms. The Kier molecular flexibility index (Phi) is 7.50. The number of non-ortho nitro benzene ring substituents is 1. The highest BCUT2D eigenvalue weighted by Gasteiger charge is 2.21. The van der Waals surface area contributed by atoms with Crippen LogP contribution in [0.25, 0.3) is 17.0 Å². The molecule has 0 fully saturated rings. The van der Waals surface area contributed by atoms with E-state index in [4.69, 9.17) is 13.9 Å². The maximum absolute atomic E-state index is 13.1. The summed E-state index contributed by atoms with van der Waals surface area (Å²) in [4.78, 5) is 36.1. The summed E-state index contributed by atoms with van der Waals surface area (Å²) in [5.41, 5.74) is 2.69. The van der Waals surface area contributed by atoms with E-state index >= 15 is 0 Å². The minimum atomic E-state index is -0.596. The summed E-state index contributed by atoms with van der Waals surface area (Å²) in [6.07, 6.45) is 2.84. The number of hydrogen-bond donors (Lipinski definition) is 0. The van der Waals surface area contributed by atoms with Gasteiger partial charge in [0.05, 0.1) is 4.92 Å². The van der Waals surface area contributed by atoms with Crippen LogP contribution in [-0.2, 0) is 6.61 Å². The van der Waals surface area contributed by atoms with Gasteiger partial charge in [0.2, 0.25) is 0 Å². The lowest BCUT2D eigenvalue weighted by Gasteiger charge is -2.07. The quantitative estimate of drug-likeness (QED) is 0.0487. The average molecular weight is 534 g/mol. The Bertz CT molecular complexity index is 1730. The number of ether oxygens (including phenoxy) is 2. The van der Waals surface area contributed by atoms with Crippen molar-refractivity contribution in [2.45, 2.75) is 13.5 Å². The molecule has 0 unspecified atom stereocenters. The van der Waals surface area contributed by atoms with Crippen molar-refractivity contribution in [3.05, 3.63) is 141 Å². The molecule has 0 saturated heterocycles. The Hall–Kier alpha value is -5.50.